The van der Waals surface area contributed by atoms with Crippen LogP contribution in [-0.2, 0) is 6.42 Å². The highest BCUT2D eigenvalue weighted by Gasteiger charge is 2.07. The Hall–Kier alpha value is -0.600. The average molecular weight is 258 g/mol. The SMILES string of the molecule is CC(C)(C)NCCCCc1cc(F)cc(Cl)c1. The Labute approximate surface area is 108 Å². The molecule has 0 fully saturated rings. The van der Waals surface area contributed by atoms with Crippen LogP contribution in [-0.4, -0.2) is 12.1 Å². The predicted molar refractivity (Wildman–Crippen MR) is 72.1 cm³/mol. The minimum atomic E-state index is -0.250. The van der Waals surface area contributed by atoms with E-state index >= 15 is 0 Å². The van der Waals surface area contributed by atoms with Gasteiger partial charge in [-0.05, 0) is 70.3 Å². The maximum atomic E-state index is 13.1. The predicted octanol–water partition coefficient (Wildman–Crippen LogP) is 4.19. The van der Waals surface area contributed by atoms with Crippen LogP contribution < -0.4 is 5.32 Å². The molecule has 96 valence electrons. The molecule has 0 spiro atoms. The number of benzene rings is 1. The van der Waals surface area contributed by atoms with Gasteiger partial charge in [-0.1, -0.05) is 11.6 Å². The topological polar surface area (TPSA) is 12.0 Å². The Morgan fingerprint density at radius 2 is 1.88 bits per heavy atom. The zero-order chi connectivity index (χ0) is 12.9. The number of hydrogen-bond donors (Lipinski definition) is 1. The molecule has 3 heteroatoms. The van der Waals surface area contributed by atoms with Crippen LogP contribution >= 0.6 is 11.6 Å². The van der Waals surface area contributed by atoms with Gasteiger partial charge in [0.25, 0.3) is 0 Å². The van der Waals surface area contributed by atoms with E-state index in [-0.39, 0.29) is 11.4 Å². The van der Waals surface area contributed by atoms with Crippen molar-refractivity contribution in [3.63, 3.8) is 0 Å². The lowest BCUT2D eigenvalue weighted by atomic mass is 10.1. The first-order chi connectivity index (χ1) is 7.87. The van der Waals surface area contributed by atoms with Crippen molar-refractivity contribution in [2.75, 3.05) is 6.54 Å². The van der Waals surface area contributed by atoms with Crippen LogP contribution in [0.5, 0.6) is 0 Å². The number of nitrogens with one attached hydrogen (secondary N) is 1. The lowest BCUT2D eigenvalue weighted by molar-refractivity contribution is 0.419. The summed E-state index contributed by atoms with van der Waals surface area (Å²) in [5, 5.41) is 3.91. The number of halogens is 2. The smallest absolute Gasteiger partial charge is 0.124 e. The van der Waals surface area contributed by atoms with E-state index in [1.165, 1.54) is 6.07 Å². The molecule has 0 aliphatic rings. The van der Waals surface area contributed by atoms with Crippen molar-refractivity contribution in [1.82, 2.24) is 5.32 Å². The second-order valence-corrected chi connectivity index (χ2v) is 5.85. The van der Waals surface area contributed by atoms with Crippen molar-refractivity contribution in [2.45, 2.75) is 45.6 Å². The highest BCUT2D eigenvalue weighted by atomic mass is 35.5. The van der Waals surface area contributed by atoms with Crippen LogP contribution in [0.15, 0.2) is 18.2 Å². The molecular formula is C14H21ClFN. The molecule has 0 aliphatic heterocycles. The second-order valence-electron chi connectivity index (χ2n) is 5.41. The largest absolute Gasteiger partial charge is 0.312 e. The third-order valence-corrected chi connectivity index (χ3v) is 2.69. The Balaban J connectivity index is 2.27. The first-order valence-electron chi connectivity index (χ1n) is 6.07. The molecule has 0 saturated carbocycles. The van der Waals surface area contributed by atoms with Gasteiger partial charge in [-0.25, -0.2) is 4.39 Å². The molecule has 0 heterocycles. The van der Waals surface area contributed by atoms with E-state index in [9.17, 15) is 4.39 Å². The normalized spacial score (nSPS) is 11.8. The maximum Gasteiger partial charge on any atom is 0.124 e. The minimum Gasteiger partial charge on any atom is -0.312 e. The zero-order valence-corrected chi connectivity index (χ0v) is 11.6. The average Bonchev–Trinajstić information content (AvgIpc) is 2.13. The van der Waals surface area contributed by atoms with E-state index in [1.54, 1.807) is 6.07 Å². The van der Waals surface area contributed by atoms with Gasteiger partial charge in [-0.2, -0.15) is 0 Å². The molecule has 0 unspecified atom stereocenters. The number of aryl methyl sites for hydroxylation is 1. The first kappa shape index (κ1) is 14.5. The van der Waals surface area contributed by atoms with E-state index in [0.29, 0.717) is 5.02 Å². The summed E-state index contributed by atoms with van der Waals surface area (Å²) in [6.07, 6.45) is 3.01. The van der Waals surface area contributed by atoms with E-state index in [0.717, 1.165) is 31.4 Å². The van der Waals surface area contributed by atoms with Crippen LogP contribution in [0, 0.1) is 5.82 Å². The first-order valence-corrected chi connectivity index (χ1v) is 6.45. The molecule has 0 bridgehead atoms. The van der Waals surface area contributed by atoms with Gasteiger partial charge in [0.05, 0.1) is 0 Å². The highest BCUT2D eigenvalue weighted by Crippen LogP contribution is 2.15. The Bertz CT molecular complexity index is 337. The summed E-state index contributed by atoms with van der Waals surface area (Å²) < 4.78 is 13.1. The molecule has 1 aromatic rings. The lowest BCUT2D eigenvalue weighted by Crippen LogP contribution is -2.36. The van der Waals surface area contributed by atoms with Crippen LogP contribution in [0.1, 0.15) is 39.2 Å². The Morgan fingerprint density at radius 1 is 1.18 bits per heavy atom. The Morgan fingerprint density at radius 3 is 2.47 bits per heavy atom. The van der Waals surface area contributed by atoms with Crippen LogP contribution in [0.4, 0.5) is 4.39 Å². The van der Waals surface area contributed by atoms with E-state index in [2.05, 4.69) is 26.1 Å². The summed E-state index contributed by atoms with van der Waals surface area (Å²) in [7, 11) is 0. The second kappa shape index (κ2) is 6.36. The molecule has 1 N–H and O–H groups in total. The molecule has 0 atom stereocenters. The maximum absolute atomic E-state index is 13.1. The monoisotopic (exact) mass is 257 g/mol. The van der Waals surface area contributed by atoms with Crippen molar-refractivity contribution in [1.29, 1.82) is 0 Å². The highest BCUT2D eigenvalue weighted by molar-refractivity contribution is 6.30. The minimum absolute atomic E-state index is 0.169. The third kappa shape index (κ3) is 6.64. The van der Waals surface area contributed by atoms with E-state index in [1.807, 2.05) is 6.07 Å². The fourth-order valence-corrected chi connectivity index (χ4v) is 1.92. The summed E-state index contributed by atoms with van der Waals surface area (Å²) >= 11 is 5.80. The van der Waals surface area contributed by atoms with Gasteiger partial charge >= 0.3 is 0 Å². The summed E-state index contributed by atoms with van der Waals surface area (Å²) in [5.74, 6) is -0.250. The molecule has 1 nitrogen and oxygen atoms in total. The third-order valence-electron chi connectivity index (χ3n) is 2.47. The summed E-state index contributed by atoms with van der Waals surface area (Å²) in [5.41, 5.74) is 1.15. The van der Waals surface area contributed by atoms with Gasteiger partial charge in [0.1, 0.15) is 5.82 Å². The molecule has 0 amide bonds. The molecule has 1 aromatic carbocycles. The number of unbranched alkanes of at least 4 members (excludes halogenated alkanes) is 1. The van der Waals surface area contributed by atoms with Gasteiger partial charge in [-0.15, -0.1) is 0 Å². The standard InChI is InChI=1S/C14H21ClFN/c1-14(2,3)17-7-5-4-6-11-8-12(15)10-13(16)9-11/h8-10,17H,4-7H2,1-3H3. The van der Waals surface area contributed by atoms with Crippen molar-refractivity contribution < 1.29 is 4.39 Å². The van der Waals surface area contributed by atoms with Gasteiger partial charge in [0.2, 0.25) is 0 Å². The molecule has 17 heavy (non-hydrogen) atoms. The molecule has 1 rings (SSSR count). The van der Waals surface area contributed by atoms with E-state index < -0.39 is 0 Å². The van der Waals surface area contributed by atoms with E-state index in [4.69, 9.17) is 11.6 Å². The molecule has 0 radical (unpaired) electrons. The van der Waals surface area contributed by atoms with Crippen molar-refractivity contribution in [3.8, 4) is 0 Å². The fourth-order valence-electron chi connectivity index (χ4n) is 1.67. The molecule has 0 aromatic heterocycles. The summed E-state index contributed by atoms with van der Waals surface area (Å²) in [6, 6.07) is 4.73. The van der Waals surface area contributed by atoms with Crippen molar-refractivity contribution in [2.24, 2.45) is 0 Å². The quantitative estimate of drug-likeness (QED) is 0.780. The number of hydrogen-bond acceptors (Lipinski definition) is 1. The summed E-state index contributed by atoms with van der Waals surface area (Å²) in [4.78, 5) is 0. The van der Waals surface area contributed by atoms with Gasteiger partial charge in [0, 0.05) is 10.6 Å². The van der Waals surface area contributed by atoms with Gasteiger partial charge in [-0.3, -0.25) is 0 Å². The molecule has 0 saturated heterocycles. The lowest BCUT2D eigenvalue weighted by Gasteiger charge is -2.20. The van der Waals surface area contributed by atoms with Gasteiger partial charge < -0.3 is 5.32 Å². The fraction of sp³-hybridized carbons (Fsp3) is 0.571. The molecule has 0 aliphatic carbocycles. The zero-order valence-electron chi connectivity index (χ0n) is 10.8. The molecular weight excluding hydrogens is 237 g/mol. The van der Waals surface area contributed by atoms with Crippen LogP contribution in [0.2, 0.25) is 5.02 Å². The van der Waals surface area contributed by atoms with Crippen LogP contribution in [0.25, 0.3) is 0 Å². The van der Waals surface area contributed by atoms with Crippen molar-refractivity contribution >= 4 is 11.6 Å². The number of rotatable bonds is 5. The van der Waals surface area contributed by atoms with Gasteiger partial charge in [0.15, 0.2) is 0 Å². The van der Waals surface area contributed by atoms with Crippen LogP contribution in [0.3, 0.4) is 0 Å². The summed E-state index contributed by atoms with van der Waals surface area (Å²) in [6.45, 7) is 7.45. The van der Waals surface area contributed by atoms with Crippen molar-refractivity contribution in [3.05, 3.63) is 34.6 Å². The Kier molecular flexibility index (Phi) is 5.41.